The summed E-state index contributed by atoms with van der Waals surface area (Å²) in [5.74, 6) is -0.359. The number of amides is 1. The second-order valence-corrected chi connectivity index (χ2v) is 9.64. The van der Waals surface area contributed by atoms with Gasteiger partial charge in [-0.25, -0.2) is 9.67 Å². The molecule has 2 aromatic heterocycles. The molecule has 34 heavy (non-hydrogen) atoms. The first-order chi connectivity index (χ1) is 16.1. The SMILES string of the molecule is CCOP(=O)(Cc1csc(NC(=O)c2cc(C(F)(F)F)nn2-c2ccc(OC)cc2)n1)OCC. The molecule has 1 aromatic carbocycles. The van der Waals surface area contributed by atoms with Crippen LogP contribution in [0, 0.1) is 0 Å². The number of halogens is 3. The smallest absolute Gasteiger partial charge is 0.435 e. The van der Waals surface area contributed by atoms with Gasteiger partial charge in [-0.2, -0.15) is 18.3 Å². The molecule has 0 bridgehead atoms. The first-order valence-electron chi connectivity index (χ1n) is 10.0. The highest BCUT2D eigenvalue weighted by atomic mass is 32.1. The summed E-state index contributed by atoms with van der Waals surface area (Å²) in [6, 6.07) is 6.68. The fourth-order valence-electron chi connectivity index (χ4n) is 2.92. The van der Waals surface area contributed by atoms with Crippen LogP contribution in [-0.2, 0) is 26.0 Å². The summed E-state index contributed by atoms with van der Waals surface area (Å²) in [5.41, 5.74) is -0.980. The molecular weight excluding hydrogens is 496 g/mol. The van der Waals surface area contributed by atoms with Gasteiger partial charge in [-0.05, 0) is 38.1 Å². The molecule has 0 radical (unpaired) electrons. The van der Waals surface area contributed by atoms with Gasteiger partial charge in [0.15, 0.2) is 10.8 Å². The molecule has 1 N–H and O–H groups in total. The minimum atomic E-state index is -4.75. The second-order valence-electron chi connectivity index (χ2n) is 6.73. The first kappa shape index (κ1) is 25.9. The van der Waals surface area contributed by atoms with Gasteiger partial charge >= 0.3 is 13.8 Å². The Morgan fingerprint density at radius 3 is 2.38 bits per heavy atom. The minimum Gasteiger partial charge on any atom is -0.497 e. The van der Waals surface area contributed by atoms with E-state index in [0.717, 1.165) is 16.0 Å². The molecule has 0 spiro atoms. The highest BCUT2D eigenvalue weighted by molar-refractivity contribution is 7.53. The summed E-state index contributed by atoms with van der Waals surface area (Å²) >= 11 is 1.02. The highest BCUT2D eigenvalue weighted by Crippen LogP contribution is 2.51. The van der Waals surface area contributed by atoms with Crippen molar-refractivity contribution >= 4 is 30.0 Å². The number of hydrogen-bond acceptors (Lipinski definition) is 8. The zero-order valence-corrected chi connectivity index (χ0v) is 20.2. The number of carbonyl (C=O) groups excluding carboxylic acids is 1. The third kappa shape index (κ3) is 6.23. The van der Waals surface area contributed by atoms with Gasteiger partial charge in [0.2, 0.25) is 0 Å². The molecule has 3 aromatic rings. The van der Waals surface area contributed by atoms with E-state index in [0.29, 0.717) is 17.5 Å². The first-order valence-corrected chi connectivity index (χ1v) is 12.6. The molecule has 1 amide bonds. The van der Waals surface area contributed by atoms with Crippen molar-refractivity contribution in [3.63, 3.8) is 0 Å². The topological polar surface area (TPSA) is 105 Å². The Morgan fingerprint density at radius 1 is 1.18 bits per heavy atom. The van der Waals surface area contributed by atoms with Crippen molar-refractivity contribution in [1.29, 1.82) is 0 Å². The minimum absolute atomic E-state index is 0.107. The molecule has 14 heteroatoms. The summed E-state index contributed by atoms with van der Waals surface area (Å²) < 4.78 is 69.0. The maximum Gasteiger partial charge on any atom is 0.435 e. The number of methoxy groups -OCH3 is 1. The number of rotatable bonds is 10. The van der Waals surface area contributed by atoms with Crippen LogP contribution in [0.1, 0.15) is 35.7 Å². The normalized spacial score (nSPS) is 12.1. The van der Waals surface area contributed by atoms with Gasteiger partial charge in [0.05, 0.1) is 37.9 Å². The fraction of sp³-hybridized carbons (Fsp3) is 0.350. The van der Waals surface area contributed by atoms with Gasteiger partial charge in [0.25, 0.3) is 5.91 Å². The Labute approximate surface area is 197 Å². The van der Waals surface area contributed by atoms with Crippen molar-refractivity contribution in [1.82, 2.24) is 14.8 Å². The number of aromatic nitrogens is 3. The van der Waals surface area contributed by atoms with Crippen molar-refractivity contribution in [3.8, 4) is 11.4 Å². The van der Waals surface area contributed by atoms with Gasteiger partial charge in [-0.15, -0.1) is 11.3 Å². The number of anilines is 1. The lowest BCUT2D eigenvalue weighted by molar-refractivity contribution is -0.141. The quantitative estimate of drug-likeness (QED) is 0.360. The van der Waals surface area contributed by atoms with E-state index >= 15 is 0 Å². The molecule has 0 atom stereocenters. The lowest BCUT2D eigenvalue weighted by Crippen LogP contribution is -2.17. The van der Waals surface area contributed by atoms with Crippen LogP contribution in [0.2, 0.25) is 0 Å². The zero-order valence-electron chi connectivity index (χ0n) is 18.5. The van der Waals surface area contributed by atoms with E-state index in [1.54, 1.807) is 19.2 Å². The molecule has 2 heterocycles. The molecular formula is C20H22F3N4O5PS. The van der Waals surface area contributed by atoms with Crippen molar-refractivity contribution in [3.05, 3.63) is 52.8 Å². The van der Waals surface area contributed by atoms with Crippen molar-refractivity contribution < 1.29 is 36.3 Å². The van der Waals surface area contributed by atoms with Crippen molar-refractivity contribution in [2.75, 3.05) is 25.6 Å². The number of nitrogens with one attached hydrogen (secondary N) is 1. The molecule has 0 unspecified atom stereocenters. The Bertz CT molecular complexity index is 1170. The van der Waals surface area contributed by atoms with Crippen LogP contribution in [0.15, 0.2) is 35.7 Å². The standard InChI is InChI=1S/C20H22F3N4O5PS/c1-4-31-33(29,32-5-2)11-13-12-34-19(24-13)25-18(28)16-10-17(20(21,22)23)26-27(16)14-6-8-15(30-3)9-7-14/h6-10,12H,4-5,11H2,1-3H3,(H,24,25,28). The number of hydrogen-bond donors (Lipinski definition) is 1. The lowest BCUT2D eigenvalue weighted by atomic mass is 10.3. The predicted molar refractivity (Wildman–Crippen MR) is 120 cm³/mol. The van der Waals surface area contributed by atoms with Gasteiger partial charge in [-0.1, -0.05) is 0 Å². The maximum absolute atomic E-state index is 13.3. The number of carbonyl (C=O) groups is 1. The van der Waals surface area contributed by atoms with E-state index in [1.165, 1.54) is 31.4 Å². The van der Waals surface area contributed by atoms with E-state index < -0.39 is 25.4 Å². The Kier molecular flexibility index (Phi) is 8.13. The van der Waals surface area contributed by atoms with E-state index in [-0.39, 0.29) is 35.9 Å². The maximum atomic E-state index is 13.3. The number of nitrogens with zero attached hydrogens (tertiary/aromatic N) is 3. The molecule has 0 aliphatic heterocycles. The van der Waals surface area contributed by atoms with Crippen LogP contribution in [-0.4, -0.2) is 41.0 Å². The van der Waals surface area contributed by atoms with Gasteiger partial charge < -0.3 is 13.8 Å². The van der Waals surface area contributed by atoms with E-state index in [1.807, 2.05) is 0 Å². The van der Waals surface area contributed by atoms with Crippen molar-refractivity contribution in [2.24, 2.45) is 0 Å². The fourth-order valence-corrected chi connectivity index (χ4v) is 5.35. The average molecular weight is 518 g/mol. The van der Waals surface area contributed by atoms with Crippen LogP contribution in [0.25, 0.3) is 5.69 Å². The number of benzene rings is 1. The van der Waals surface area contributed by atoms with Gasteiger partial charge in [0, 0.05) is 11.4 Å². The molecule has 184 valence electrons. The molecule has 0 saturated carbocycles. The monoisotopic (exact) mass is 518 g/mol. The Hall–Kier alpha value is -2.73. The summed E-state index contributed by atoms with van der Waals surface area (Å²) in [6.45, 7) is 3.73. The third-order valence-electron chi connectivity index (χ3n) is 4.33. The summed E-state index contributed by atoms with van der Waals surface area (Å²) in [6.07, 6.45) is -4.86. The number of alkyl halides is 3. The molecule has 9 nitrogen and oxygen atoms in total. The van der Waals surface area contributed by atoms with Crippen LogP contribution in [0.3, 0.4) is 0 Å². The Morgan fingerprint density at radius 2 is 1.82 bits per heavy atom. The van der Waals surface area contributed by atoms with Crippen LogP contribution in [0.5, 0.6) is 5.75 Å². The van der Waals surface area contributed by atoms with Crippen LogP contribution < -0.4 is 10.1 Å². The van der Waals surface area contributed by atoms with Crippen LogP contribution in [0.4, 0.5) is 18.3 Å². The highest BCUT2D eigenvalue weighted by Gasteiger charge is 2.36. The molecule has 0 aliphatic rings. The largest absolute Gasteiger partial charge is 0.497 e. The molecule has 0 saturated heterocycles. The van der Waals surface area contributed by atoms with Crippen molar-refractivity contribution in [2.45, 2.75) is 26.2 Å². The van der Waals surface area contributed by atoms with E-state index in [4.69, 9.17) is 13.8 Å². The second kappa shape index (κ2) is 10.7. The molecule has 0 fully saturated rings. The third-order valence-corrected chi connectivity index (χ3v) is 7.15. The molecule has 3 rings (SSSR count). The Balaban J connectivity index is 1.86. The summed E-state index contributed by atoms with van der Waals surface area (Å²) in [7, 11) is -1.96. The van der Waals surface area contributed by atoms with Gasteiger partial charge in [0.1, 0.15) is 11.4 Å². The van der Waals surface area contributed by atoms with Gasteiger partial charge in [-0.3, -0.25) is 14.7 Å². The lowest BCUT2D eigenvalue weighted by Gasteiger charge is -2.15. The van der Waals surface area contributed by atoms with E-state index in [9.17, 15) is 22.5 Å². The summed E-state index contributed by atoms with van der Waals surface area (Å²) in [4.78, 5) is 17.1. The average Bonchev–Trinajstić information content (AvgIpc) is 3.41. The molecule has 0 aliphatic carbocycles. The zero-order chi connectivity index (χ0) is 24.9. The number of ether oxygens (including phenoxy) is 1. The van der Waals surface area contributed by atoms with E-state index in [2.05, 4.69) is 15.4 Å². The number of thiazole rings is 1. The summed E-state index contributed by atoms with van der Waals surface area (Å²) in [5, 5.41) is 7.70. The van der Waals surface area contributed by atoms with Crippen LogP contribution >= 0.6 is 18.9 Å². The predicted octanol–water partition coefficient (Wildman–Crippen LogP) is 5.37.